The molecule has 0 bridgehead atoms. The number of ether oxygens (including phenoxy) is 2. The summed E-state index contributed by atoms with van der Waals surface area (Å²) < 4.78 is 11.6. The quantitative estimate of drug-likeness (QED) is 0.867. The van der Waals surface area contributed by atoms with Crippen LogP contribution in [0.3, 0.4) is 0 Å². The van der Waals surface area contributed by atoms with E-state index in [0.29, 0.717) is 26.3 Å². The smallest absolute Gasteiger partial charge is 0.410 e. The Morgan fingerprint density at radius 2 is 1.81 bits per heavy atom. The summed E-state index contributed by atoms with van der Waals surface area (Å²) in [6.45, 7) is 7.73. The van der Waals surface area contributed by atoms with E-state index in [4.69, 9.17) is 9.47 Å². The van der Waals surface area contributed by atoms with Crippen molar-refractivity contribution in [3.63, 3.8) is 0 Å². The Labute approximate surface area is 161 Å². The molecule has 5 nitrogen and oxygen atoms in total. The molecule has 0 saturated carbocycles. The van der Waals surface area contributed by atoms with Gasteiger partial charge in [-0.3, -0.25) is 4.90 Å². The minimum absolute atomic E-state index is 0.115. The number of hydrogen-bond donors (Lipinski definition) is 1. The number of anilines is 1. The monoisotopic (exact) mass is 368 g/mol. The number of hydrogen-bond acceptors (Lipinski definition) is 4. The number of para-hydroxylation sites is 1. The van der Waals surface area contributed by atoms with Crippen LogP contribution in [-0.4, -0.2) is 35.8 Å². The zero-order chi connectivity index (χ0) is 19.3. The lowest BCUT2D eigenvalue weighted by Crippen LogP contribution is -2.47. The first-order chi connectivity index (χ1) is 12.9. The number of carbonyl (C=O) groups excluding carboxylic acids is 1. The second-order valence-electron chi connectivity index (χ2n) is 7.80. The highest BCUT2D eigenvalue weighted by Crippen LogP contribution is 2.24. The van der Waals surface area contributed by atoms with Gasteiger partial charge in [-0.2, -0.15) is 0 Å². The number of benzene rings is 2. The van der Waals surface area contributed by atoms with Crippen molar-refractivity contribution in [2.24, 2.45) is 0 Å². The number of fused-ring (bicyclic) bond motifs is 1. The molecule has 1 unspecified atom stereocenters. The highest BCUT2D eigenvalue weighted by atomic mass is 16.6. The average molecular weight is 368 g/mol. The number of nitrogens with zero attached hydrogens (tertiary/aromatic N) is 1. The van der Waals surface area contributed by atoms with E-state index in [2.05, 4.69) is 5.32 Å². The Kier molecular flexibility index (Phi) is 6.01. The van der Waals surface area contributed by atoms with E-state index >= 15 is 0 Å². The molecule has 27 heavy (non-hydrogen) atoms. The van der Waals surface area contributed by atoms with Crippen LogP contribution >= 0.6 is 0 Å². The molecule has 2 aromatic rings. The van der Waals surface area contributed by atoms with Crippen molar-refractivity contribution in [3.05, 3.63) is 65.7 Å². The van der Waals surface area contributed by atoms with Crippen molar-refractivity contribution >= 4 is 11.8 Å². The molecule has 0 radical (unpaired) electrons. The highest BCUT2D eigenvalue weighted by molar-refractivity contribution is 5.70. The Morgan fingerprint density at radius 3 is 2.56 bits per heavy atom. The Morgan fingerprint density at radius 1 is 1.11 bits per heavy atom. The summed E-state index contributed by atoms with van der Waals surface area (Å²) in [7, 11) is 0. The van der Waals surface area contributed by atoms with E-state index < -0.39 is 5.60 Å². The van der Waals surface area contributed by atoms with Crippen molar-refractivity contribution in [2.75, 3.05) is 18.5 Å². The number of nitrogens with one attached hydrogen (secondary N) is 1. The molecule has 1 aliphatic heterocycles. The number of carbonyl (C=O) groups is 1. The van der Waals surface area contributed by atoms with Crippen molar-refractivity contribution < 1.29 is 14.3 Å². The van der Waals surface area contributed by atoms with E-state index in [0.717, 1.165) is 16.8 Å². The first kappa shape index (κ1) is 19.2. The molecule has 0 spiro atoms. The third-order valence-electron chi connectivity index (χ3n) is 4.38. The van der Waals surface area contributed by atoms with E-state index in [9.17, 15) is 4.79 Å². The van der Waals surface area contributed by atoms with Gasteiger partial charge in [-0.1, -0.05) is 48.5 Å². The van der Waals surface area contributed by atoms with Gasteiger partial charge in [0.25, 0.3) is 0 Å². The SMILES string of the molecule is CC(C)(C)OC(=O)N1Cc2ccccc2NCC1COCc1ccccc1. The second-order valence-corrected chi connectivity index (χ2v) is 7.80. The first-order valence-electron chi connectivity index (χ1n) is 9.35. The molecule has 0 aromatic heterocycles. The zero-order valence-electron chi connectivity index (χ0n) is 16.3. The molecule has 1 amide bonds. The fourth-order valence-corrected chi connectivity index (χ4v) is 3.05. The van der Waals surface area contributed by atoms with Gasteiger partial charge in [0.05, 0.1) is 25.8 Å². The van der Waals surface area contributed by atoms with Crippen LogP contribution < -0.4 is 5.32 Å². The molecule has 5 heteroatoms. The average Bonchev–Trinajstić information content (AvgIpc) is 2.81. The van der Waals surface area contributed by atoms with Crippen molar-refractivity contribution in [3.8, 4) is 0 Å². The van der Waals surface area contributed by atoms with E-state index in [1.165, 1.54) is 0 Å². The first-order valence-corrected chi connectivity index (χ1v) is 9.35. The fraction of sp³-hybridized carbons (Fsp3) is 0.409. The maximum atomic E-state index is 12.8. The predicted molar refractivity (Wildman–Crippen MR) is 107 cm³/mol. The van der Waals surface area contributed by atoms with Crippen molar-refractivity contribution in [1.82, 2.24) is 4.90 Å². The van der Waals surface area contributed by atoms with E-state index in [1.807, 2.05) is 75.4 Å². The van der Waals surface area contributed by atoms with Crippen LogP contribution in [0.15, 0.2) is 54.6 Å². The van der Waals surface area contributed by atoms with Gasteiger partial charge in [0.2, 0.25) is 0 Å². The molecule has 144 valence electrons. The Bertz CT molecular complexity index is 756. The molecule has 2 aromatic carbocycles. The number of amides is 1. The molecule has 1 heterocycles. The van der Waals surface area contributed by atoms with Gasteiger partial charge in [-0.15, -0.1) is 0 Å². The second kappa shape index (κ2) is 8.44. The van der Waals surface area contributed by atoms with Crippen LogP contribution in [-0.2, 0) is 22.6 Å². The van der Waals surface area contributed by atoms with Crippen LogP contribution in [0.25, 0.3) is 0 Å². The summed E-state index contributed by atoms with van der Waals surface area (Å²) in [5.41, 5.74) is 2.71. The van der Waals surface area contributed by atoms with Gasteiger partial charge in [0, 0.05) is 12.2 Å². The predicted octanol–water partition coefficient (Wildman–Crippen LogP) is 4.43. The van der Waals surface area contributed by atoms with Crippen molar-refractivity contribution in [1.29, 1.82) is 0 Å². The molecular formula is C22H28N2O3. The third-order valence-corrected chi connectivity index (χ3v) is 4.38. The number of rotatable bonds is 4. The van der Waals surface area contributed by atoms with Gasteiger partial charge in [0.15, 0.2) is 0 Å². The van der Waals surface area contributed by atoms with E-state index in [-0.39, 0.29) is 12.1 Å². The van der Waals surface area contributed by atoms with Gasteiger partial charge >= 0.3 is 6.09 Å². The highest BCUT2D eigenvalue weighted by Gasteiger charge is 2.31. The summed E-state index contributed by atoms with van der Waals surface area (Å²) in [5.74, 6) is 0. The fourth-order valence-electron chi connectivity index (χ4n) is 3.05. The zero-order valence-corrected chi connectivity index (χ0v) is 16.3. The summed E-state index contributed by atoms with van der Waals surface area (Å²) in [6.07, 6.45) is -0.311. The Balaban J connectivity index is 1.71. The molecular weight excluding hydrogens is 340 g/mol. The normalized spacial score (nSPS) is 16.9. The molecule has 0 fully saturated rings. The standard InChI is InChI=1S/C22H28N2O3/c1-22(2,3)27-21(25)24-14-18-11-7-8-12-20(18)23-13-19(24)16-26-15-17-9-5-4-6-10-17/h4-12,19,23H,13-16H2,1-3H3. The molecule has 1 aliphatic rings. The van der Waals surface area contributed by atoms with Gasteiger partial charge < -0.3 is 14.8 Å². The maximum Gasteiger partial charge on any atom is 0.410 e. The summed E-state index contributed by atoms with van der Waals surface area (Å²) in [4.78, 5) is 14.6. The van der Waals surface area contributed by atoms with Gasteiger partial charge in [-0.05, 0) is 38.0 Å². The Hall–Kier alpha value is -2.53. The van der Waals surface area contributed by atoms with Crippen LogP contribution in [0, 0.1) is 0 Å². The minimum Gasteiger partial charge on any atom is -0.444 e. The lowest BCUT2D eigenvalue weighted by atomic mass is 10.1. The molecule has 1 atom stereocenters. The molecule has 1 N–H and O–H groups in total. The third kappa shape index (κ3) is 5.47. The topological polar surface area (TPSA) is 50.8 Å². The van der Waals surface area contributed by atoms with E-state index in [1.54, 1.807) is 4.90 Å². The largest absolute Gasteiger partial charge is 0.444 e. The summed E-state index contributed by atoms with van der Waals surface area (Å²) >= 11 is 0. The van der Waals surface area contributed by atoms with Crippen LogP contribution in [0.2, 0.25) is 0 Å². The van der Waals surface area contributed by atoms with Crippen LogP contribution in [0.1, 0.15) is 31.9 Å². The maximum absolute atomic E-state index is 12.8. The van der Waals surface area contributed by atoms with Crippen LogP contribution in [0.5, 0.6) is 0 Å². The van der Waals surface area contributed by atoms with Gasteiger partial charge in [0.1, 0.15) is 5.60 Å². The lowest BCUT2D eigenvalue weighted by molar-refractivity contribution is -0.000598. The molecule has 0 aliphatic carbocycles. The summed E-state index contributed by atoms with van der Waals surface area (Å²) in [6, 6.07) is 18.0. The minimum atomic E-state index is -0.536. The summed E-state index contributed by atoms with van der Waals surface area (Å²) in [5, 5.41) is 3.44. The molecule has 0 saturated heterocycles. The van der Waals surface area contributed by atoms with Crippen molar-refractivity contribution in [2.45, 2.75) is 45.6 Å². The van der Waals surface area contributed by atoms with Crippen LogP contribution in [0.4, 0.5) is 10.5 Å². The lowest BCUT2D eigenvalue weighted by Gasteiger charge is -2.32. The van der Waals surface area contributed by atoms with Gasteiger partial charge in [-0.25, -0.2) is 4.79 Å². The molecule has 3 rings (SSSR count).